The smallest absolute Gasteiger partial charge is 0.224 e. The Morgan fingerprint density at radius 3 is 2.80 bits per heavy atom. The maximum atomic E-state index is 4.51. The molecule has 5 nitrogen and oxygen atoms in total. The summed E-state index contributed by atoms with van der Waals surface area (Å²) in [4.78, 5) is 13.3. The molecule has 3 rings (SSSR count). The number of benzene rings is 1. The van der Waals surface area contributed by atoms with Gasteiger partial charge in [-0.15, -0.1) is 11.3 Å². The molecule has 0 aliphatic carbocycles. The number of nitrogens with one attached hydrogen (secondary N) is 2. The molecule has 0 saturated heterocycles. The van der Waals surface area contributed by atoms with E-state index in [4.69, 9.17) is 0 Å². The summed E-state index contributed by atoms with van der Waals surface area (Å²) in [7, 11) is 1.82. The number of nitrogens with zero attached hydrogens (tertiary/aromatic N) is 3. The van der Waals surface area contributed by atoms with Crippen LogP contribution in [-0.4, -0.2) is 22.0 Å². The first kappa shape index (κ1) is 12.8. The van der Waals surface area contributed by atoms with Crippen molar-refractivity contribution in [2.75, 3.05) is 17.7 Å². The molecule has 2 N–H and O–H groups in total. The van der Waals surface area contributed by atoms with Crippen LogP contribution in [0.5, 0.6) is 0 Å². The number of aromatic nitrogens is 3. The fourth-order valence-corrected chi connectivity index (χ4v) is 2.66. The van der Waals surface area contributed by atoms with Crippen LogP contribution in [-0.2, 0) is 0 Å². The van der Waals surface area contributed by atoms with Crippen molar-refractivity contribution in [3.05, 3.63) is 40.8 Å². The van der Waals surface area contributed by atoms with Gasteiger partial charge in [0.15, 0.2) is 0 Å². The molecule has 2 heterocycles. The van der Waals surface area contributed by atoms with Crippen LogP contribution < -0.4 is 10.6 Å². The minimum atomic E-state index is 0.109. The van der Waals surface area contributed by atoms with Gasteiger partial charge >= 0.3 is 0 Å². The van der Waals surface area contributed by atoms with Crippen LogP contribution in [0.2, 0.25) is 0 Å². The summed E-state index contributed by atoms with van der Waals surface area (Å²) >= 11 is 1.63. The summed E-state index contributed by atoms with van der Waals surface area (Å²) in [6.07, 6.45) is 1.81. The molecule has 1 aromatic carbocycles. The Bertz CT molecular complexity index is 711. The minimum Gasteiger partial charge on any atom is -0.360 e. The van der Waals surface area contributed by atoms with Crippen LogP contribution in [0.4, 0.5) is 11.8 Å². The molecule has 3 aromatic rings. The molecular weight excluding hydrogens is 270 g/mol. The van der Waals surface area contributed by atoms with Crippen LogP contribution >= 0.6 is 11.3 Å². The SMILES string of the molecule is CNc1nc(NC(C)c2nccs2)c2ccccc2n1. The summed E-state index contributed by atoms with van der Waals surface area (Å²) in [6, 6.07) is 8.08. The van der Waals surface area contributed by atoms with Crippen LogP contribution in [0.25, 0.3) is 10.9 Å². The van der Waals surface area contributed by atoms with Gasteiger partial charge in [-0.3, -0.25) is 0 Å². The average Bonchev–Trinajstić information content (AvgIpc) is 3.01. The summed E-state index contributed by atoms with van der Waals surface area (Å²) in [5, 5.41) is 10.4. The first-order valence-corrected chi connectivity index (χ1v) is 7.26. The fourth-order valence-electron chi connectivity index (χ4n) is 2.01. The van der Waals surface area contributed by atoms with Gasteiger partial charge < -0.3 is 10.6 Å². The van der Waals surface area contributed by atoms with E-state index in [-0.39, 0.29) is 6.04 Å². The molecule has 2 aromatic heterocycles. The number of thiazole rings is 1. The third kappa shape index (κ3) is 2.42. The predicted molar refractivity (Wildman–Crippen MR) is 83.2 cm³/mol. The molecule has 0 spiro atoms. The Morgan fingerprint density at radius 1 is 1.20 bits per heavy atom. The van der Waals surface area contributed by atoms with Crippen LogP contribution in [0.3, 0.4) is 0 Å². The Labute approximate surface area is 121 Å². The zero-order chi connectivity index (χ0) is 13.9. The monoisotopic (exact) mass is 285 g/mol. The van der Waals surface area contributed by atoms with Crippen LogP contribution in [0.1, 0.15) is 18.0 Å². The second-order valence-corrected chi connectivity index (χ2v) is 5.33. The van der Waals surface area contributed by atoms with E-state index in [0.29, 0.717) is 5.95 Å². The van der Waals surface area contributed by atoms with Gasteiger partial charge in [-0.1, -0.05) is 12.1 Å². The molecule has 0 amide bonds. The van der Waals surface area contributed by atoms with Crippen LogP contribution in [0, 0.1) is 0 Å². The second kappa shape index (κ2) is 5.42. The van der Waals surface area contributed by atoms with Gasteiger partial charge in [-0.2, -0.15) is 4.98 Å². The quantitative estimate of drug-likeness (QED) is 0.770. The fraction of sp³-hybridized carbons (Fsp3) is 0.214. The summed E-state index contributed by atoms with van der Waals surface area (Å²) < 4.78 is 0. The zero-order valence-corrected chi connectivity index (χ0v) is 12.1. The van der Waals surface area contributed by atoms with Gasteiger partial charge in [0.1, 0.15) is 10.8 Å². The lowest BCUT2D eigenvalue weighted by molar-refractivity contribution is 0.862. The van der Waals surface area contributed by atoms with Crippen molar-refractivity contribution in [2.24, 2.45) is 0 Å². The average molecular weight is 285 g/mol. The van der Waals surface area contributed by atoms with Gasteiger partial charge in [-0.05, 0) is 19.1 Å². The maximum absolute atomic E-state index is 4.51. The largest absolute Gasteiger partial charge is 0.360 e. The molecule has 6 heteroatoms. The topological polar surface area (TPSA) is 62.7 Å². The molecule has 1 atom stereocenters. The standard InChI is InChI=1S/C14H15N5S/c1-9(13-16-7-8-20-13)17-12-10-5-3-4-6-11(10)18-14(15-2)19-12/h3-9H,1-2H3,(H2,15,17,18,19). The van der Waals surface area contributed by atoms with Crippen molar-refractivity contribution in [3.63, 3.8) is 0 Å². The van der Waals surface area contributed by atoms with E-state index in [0.717, 1.165) is 21.7 Å². The lowest BCUT2D eigenvalue weighted by atomic mass is 10.2. The van der Waals surface area contributed by atoms with Gasteiger partial charge in [0, 0.05) is 24.0 Å². The van der Waals surface area contributed by atoms with E-state index in [2.05, 4.69) is 32.5 Å². The molecule has 0 aliphatic heterocycles. The van der Waals surface area contributed by atoms with E-state index in [9.17, 15) is 0 Å². The molecule has 20 heavy (non-hydrogen) atoms. The highest BCUT2D eigenvalue weighted by atomic mass is 32.1. The predicted octanol–water partition coefficient (Wildman–Crippen LogP) is 3.30. The van der Waals surface area contributed by atoms with Crippen molar-refractivity contribution in [3.8, 4) is 0 Å². The molecule has 0 fully saturated rings. The summed E-state index contributed by atoms with van der Waals surface area (Å²) in [6.45, 7) is 2.08. The number of fused-ring (bicyclic) bond motifs is 1. The van der Waals surface area contributed by atoms with Crippen molar-refractivity contribution >= 4 is 34.0 Å². The molecule has 102 valence electrons. The van der Waals surface area contributed by atoms with Gasteiger partial charge in [0.2, 0.25) is 5.95 Å². The number of hydrogen-bond donors (Lipinski definition) is 2. The van der Waals surface area contributed by atoms with E-state index < -0.39 is 0 Å². The first-order valence-electron chi connectivity index (χ1n) is 6.38. The molecule has 0 radical (unpaired) electrons. The molecule has 0 saturated carbocycles. The Kier molecular flexibility index (Phi) is 3.47. The third-order valence-electron chi connectivity index (χ3n) is 3.00. The van der Waals surface area contributed by atoms with E-state index >= 15 is 0 Å². The highest BCUT2D eigenvalue weighted by molar-refractivity contribution is 7.09. The minimum absolute atomic E-state index is 0.109. The summed E-state index contributed by atoms with van der Waals surface area (Å²) in [5.74, 6) is 1.43. The normalized spacial score (nSPS) is 12.3. The Balaban J connectivity index is 2.01. The second-order valence-electron chi connectivity index (χ2n) is 4.40. The Hall–Kier alpha value is -2.21. The Morgan fingerprint density at radius 2 is 2.05 bits per heavy atom. The molecule has 0 bridgehead atoms. The van der Waals surface area contributed by atoms with Crippen molar-refractivity contribution in [2.45, 2.75) is 13.0 Å². The first-order chi connectivity index (χ1) is 9.78. The third-order valence-corrected chi connectivity index (χ3v) is 3.96. The number of hydrogen-bond acceptors (Lipinski definition) is 6. The lowest BCUT2D eigenvalue weighted by Crippen LogP contribution is -2.09. The molecule has 1 unspecified atom stereocenters. The zero-order valence-electron chi connectivity index (χ0n) is 11.3. The van der Waals surface area contributed by atoms with Crippen molar-refractivity contribution < 1.29 is 0 Å². The number of anilines is 2. The summed E-state index contributed by atoms with van der Waals surface area (Å²) in [5.41, 5.74) is 0.917. The van der Waals surface area contributed by atoms with Crippen molar-refractivity contribution in [1.29, 1.82) is 0 Å². The highest BCUT2D eigenvalue weighted by Crippen LogP contribution is 2.26. The van der Waals surface area contributed by atoms with Gasteiger partial charge in [-0.25, -0.2) is 9.97 Å². The number of para-hydroxylation sites is 1. The lowest BCUT2D eigenvalue weighted by Gasteiger charge is -2.14. The van der Waals surface area contributed by atoms with Gasteiger partial charge in [0.05, 0.1) is 11.6 Å². The van der Waals surface area contributed by atoms with E-state index in [1.54, 1.807) is 11.3 Å². The molecule has 0 aliphatic rings. The van der Waals surface area contributed by atoms with Gasteiger partial charge in [0.25, 0.3) is 0 Å². The van der Waals surface area contributed by atoms with Crippen LogP contribution in [0.15, 0.2) is 35.8 Å². The van der Waals surface area contributed by atoms with E-state index in [1.807, 2.05) is 42.9 Å². The highest BCUT2D eigenvalue weighted by Gasteiger charge is 2.12. The number of rotatable bonds is 4. The van der Waals surface area contributed by atoms with Crippen molar-refractivity contribution in [1.82, 2.24) is 15.0 Å². The molecular formula is C14H15N5S. The van der Waals surface area contributed by atoms with E-state index in [1.165, 1.54) is 0 Å². The maximum Gasteiger partial charge on any atom is 0.224 e.